The molecule has 0 unspecified atom stereocenters. The van der Waals surface area contributed by atoms with E-state index in [9.17, 15) is 4.79 Å². The quantitative estimate of drug-likeness (QED) is 0.840. The van der Waals surface area contributed by atoms with Crippen molar-refractivity contribution >= 4 is 15.9 Å². The van der Waals surface area contributed by atoms with E-state index < -0.39 is 0 Å². The highest BCUT2D eigenvalue weighted by molar-refractivity contribution is 9.10. The number of ether oxygens (including phenoxy) is 1. The second-order valence-electron chi connectivity index (χ2n) is 4.71. The molecule has 0 saturated heterocycles. The van der Waals surface area contributed by atoms with Crippen molar-refractivity contribution < 1.29 is 4.74 Å². The van der Waals surface area contributed by atoms with Crippen LogP contribution in [0.15, 0.2) is 21.5 Å². The number of halogens is 1. The molecule has 17 heavy (non-hydrogen) atoms. The molecule has 3 nitrogen and oxygen atoms in total. The molecule has 1 aromatic rings. The highest BCUT2D eigenvalue weighted by atomic mass is 79.9. The van der Waals surface area contributed by atoms with E-state index in [2.05, 4.69) is 22.9 Å². The van der Waals surface area contributed by atoms with Gasteiger partial charge in [0.25, 0.3) is 5.56 Å². The first kappa shape index (κ1) is 12.7. The minimum absolute atomic E-state index is 0.0400. The maximum absolute atomic E-state index is 11.5. The molecule has 1 radical (unpaired) electrons. The molecule has 0 spiro atoms. The van der Waals surface area contributed by atoms with E-state index in [0.717, 1.165) is 30.2 Å². The van der Waals surface area contributed by atoms with Crippen LogP contribution in [0.25, 0.3) is 0 Å². The molecule has 0 amide bonds. The Morgan fingerprint density at radius 1 is 1.41 bits per heavy atom. The van der Waals surface area contributed by atoms with Gasteiger partial charge in [-0.25, -0.2) is 0 Å². The summed E-state index contributed by atoms with van der Waals surface area (Å²) in [6, 6.07) is 1.55. The maximum atomic E-state index is 11.5. The van der Waals surface area contributed by atoms with Crippen LogP contribution in [-0.2, 0) is 7.05 Å². The Balaban J connectivity index is 2.08. The summed E-state index contributed by atoms with van der Waals surface area (Å²) in [5, 5.41) is 0. The van der Waals surface area contributed by atoms with Crippen LogP contribution < -0.4 is 10.3 Å². The summed E-state index contributed by atoms with van der Waals surface area (Å²) in [5.41, 5.74) is -0.0400. The van der Waals surface area contributed by atoms with E-state index in [0.29, 0.717) is 5.75 Å². The molecule has 0 atom stereocenters. The number of hydrogen-bond donors (Lipinski definition) is 0. The maximum Gasteiger partial charge on any atom is 0.254 e. The molecule has 93 valence electrons. The van der Waals surface area contributed by atoms with Gasteiger partial charge in [-0.1, -0.05) is 6.92 Å². The van der Waals surface area contributed by atoms with Gasteiger partial charge in [0, 0.05) is 19.3 Å². The summed E-state index contributed by atoms with van der Waals surface area (Å²) in [5.74, 6) is 2.21. The van der Waals surface area contributed by atoms with E-state index in [1.54, 1.807) is 25.2 Å². The monoisotopic (exact) mass is 298 g/mol. The van der Waals surface area contributed by atoms with Gasteiger partial charge >= 0.3 is 0 Å². The first-order chi connectivity index (χ1) is 8.06. The minimum atomic E-state index is -0.0400. The number of aromatic nitrogens is 1. The molecule has 1 saturated carbocycles. The van der Waals surface area contributed by atoms with Crippen LogP contribution in [0, 0.1) is 5.92 Å². The Morgan fingerprint density at radius 3 is 2.71 bits per heavy atom. The van der Waals surface area contributed by atoms with Crippen molar-refractivity contribution in [2.45, 2.75) is 38.7 Å². The van der Waals surface area contributed by atoms with Gasteiger partial charge in [0.1, 0.15) is 5.75 Å². The van der Waals surface area contributed by atoms with E-state index in [1.165, 1.54) is 4.57 Å². The highest BCUT2D eigenvalue weighted by Gasteiger charge is 2.20. The van der Waals surface area contributed by atoms with Crippen molar-refractivity contribution in [3.05, 3.63) is 33.0 Å². The standard InChI is InChI=1S/C13H17BrNO2/c1-9-3-5-10(6-4-9)17-12-7-13(16)15(2)8-11(12)14/h7-8,10H,3-6H2,1-2H3. The van der Waals surface area contributed by atoms with Crippen LogP contribution in [-0.4, -0.2) is 10.7 Å². The second-order valence-corrected chi connectivity index (χ2v) is 5.56. The summed E-state index contributed by atoms with van der Waals surface area (Å²) in [7, 11) is 1.73. The zero-order valence-electron chi connectivity index (χ0n) is 10.2. The van der Waals surface area contributed by atoms with Gasteiger partial charge < -0.3 is 9.30 Å². The predicted molar refractivity (Wildman–Crippen MR) is 71.2 cm³/mol. The van der Waals surface area contributed by atoms with Gasteiger partial charge in [0.15, 0.2) is 0 Å². The second kappa shape index (κ2) is 5.25. The number of nitrogens with zero attached hydrogens (tertiary/aromatic N) is 1. The van der Waals surface area contributed by atoms with Crippen molar-refractivity contribution in [1.29, 1.82) is 0 Å². The average Bonchev–Trinajstić information content (AvgIpc) is 2.29. The van der Waals surface area contributed by atoms with Crippen molar-refractivity contribution in [3.8, 4) is 5.75 Å². The van der Waals surface area contributed by atoms with Crippen LogP contribution in [0.2, 0.25) is 0 Å². The molecule has 0 aliphatic heterocycles. The van der Waals surface area contributed by atoms with Gasteiger partial charge in [-0.15, -0.1) is 0 Å². The topological polar surface area (TPSA) is 31.2 Å². The fourth-order valence-electron chi connectivity index (χ4n) is 2.05. The van der Waals surface area contributed by atoms with E-state index in [1.807, 2.05) is 0 Å². The van der Waals surface area contributed by atoms with Gasteiger partial charge in [-0.05, 0) is 47.5 Å². The molecule has 4 heteroatoms. The lowest BCUT2D eigenvalue weighted by Gasteiger charge is -2.26. The number of pyridine rings is 1. The zero-order chi connectivity index (χ0) is 12.4. The fraction of sp³-hybridized carbons (Fsp3) is 0.538. The van der Waals surface area contributed by atoms with Gasteiger partial charge in [-0.3, -0.25) is 4.79 Å². The van der Waals surface area contributed by atoms with Crippen LogP contribution in [0.5, 0.6) is 5.75 Å². The summed E-state index contributed by atoms with van der Waals surface area (Å²) in [4.78, 5) is 11.5. The Hall–Kier alpha value is -0.770. The Bertz CT molecular complexity index is 447. The third-order valence-electron chi connectivity index (χ3n) is 3.22. The fourth-order valence-corrected chi connectivity index (χ4v) is 2.57. The number of hydrogen-bond acceptors (Lipinski definition) is 2. The predicted octanol–water partition coefficient (Wildman–Crippen LogP) is 3.06. The summed E-state index contributed by atoms with van der Waals surface area (Å²) in [6.07, 6.45) is 6.35. The smallest absolute Gasteiger partial charge is 0.254 e. The molecule has 1 aliphatic rings. The molecule has 1 heterocycles. The molecule has 0 aromatic carbocycles. The van der Waals surface area contributed by atoms with Crippen LogP contribution in [0.1, 0.15) is 32.6 Å². The van der Waals surface area contributed by atoms with E-state index in [-0.39, 0.29) is 11.7 Å². The Kier molecular flexibility index (Phi) is 3.92. The average molecular weight is 299 g/mol. The van der Waals surface area contributed by atoms with Gasteiger partial charge in [0.2, 0.25) is 0 Å². The highest BCUT2D eigenvalue weighted by Crippen LogP contribution is 2.30. The lowest BCUT2D eigenvalue weighted by Crippen LogP contribution is -2.24. The molecule has 0 N–H and O–H groups in total. The lowest BCUT2D eigenvalue weighted by molar-refractivity contribution is 0.160. The van der Waals surface area contributed by atoms with Crippen molar-refractivity contribution in [2.24, 2.45) is 7.05 Å². The molecule has 0 bridgehead atoms. The molecule has 1 fully saturated rings. The summed E-state index contributed by atoms with van der Waals surface area (Å²) in [6.45, 7) is 2.20. The zero-order valence-corrected chi connectivity index (χ0v) is 11.8. The van der Waals surface area contributed by atoms with Crippen LogP contribution in [0.3, 0.4) is 0 Å². The van der Waals surface area contributed by atoms with Gasteiger partial charge in [0.05, 0.1) is 10.6 Å². The Labute approximate surface area is 110 Å². The first-order valence-corrected chi connectivity index (χ1v) is 6.69. The molecule has 1 aromatic heterocycles. The normalized spacial score (nSPS) is 18.3. The molecule has 1 aliphatic carbocycles. The molecular weight excluding hydrogens is 282 g/mol. The van der Waals surface area contributed by atoms with Crippen LogP contribution >= 0.6 is 15.9 Å². The third kappa shape index (κ3) is 3.12. The summed E-state index contributed by atoms with van der Waals surface area (Å²) >= 11 is 3.43. The first-order valence-electron chi connectivity index (χ1n) is 5.90. The summed E-state index contributed by atoms with van der Waals surface area (Å²) < 4.78 is 8.27. The Morgan fingerprint density at radius 2 is 2.06 bits per heavy atom. The van der Waals surface area contributed by atoms with Crippen molar-refractivity contribution in [1.82, 2.24) is 4.57 Å². The SMILES string of the molecule is C[C]1CCC(Oc2cc(=O)n(C)cc2Br)CC1. The molecule has 2 rings (SSSR count). The van der Waals surface area contributed by atoms with Crippen molar-refractivity contribution in [3.63, 3.8) is 0 Å². The van der Waals surface area contributed by atoms with E-state index >= 15 is 0 Å². The number of rotatable bonds is 2. The van der Waals surface area contributed by atoms with Crippen molar-refractivity contribution in [2.75, 3.05) is 0 Å². The van der Waals surface area contributed by atoms with Gasteiger partial charge in [-0.2, -0.15) is 0 Å². The largest absolute Gasteiger partial charge is 0.489 e. The van der Waals surface area contributed by atoms with Crippen LogP contribution in [0.4, 0.5) is 0 Å². The lowest BCUT2D eigenvalue weighted by atomic mass is 9.89. The number of aryl methyl sites for hydroxylation is 1. The third-order valence-corrected chi connectivity index (χ3v) is 3.82. The molecular formula is C13H17BrNO2. The van der Waals surface area contributed by atoms with E-state index in [4.69, 9.17) is 4.74 Å². The minimum Gasteiger partial charge on any atom is -0.489 e.